The molecular weight excluding hydrogens is 449 g/mol. The van der Waals surface area contributed by atoms with Gasteiger partial charge in [0.05, 0.1) is 36.2 Å². The first kappa shape index (κ1) is 20.4. The average Bonchev–Trinajstić information content (AvgIpc) is 3.13. The van der Waals surface area contributed by atoms with E-state index in [4.69, 9.17) is 32.7 Å². The molecule has 1 aliphatic carbocycles. The van der Waals surface area contributed by atoms with Crippen molar-refractivity contribution in [2.45, 2.75) is 38.8 Å². The third-order valence-corrected chi connectivity index (χ3v) is 6.40. The van der Waals surface area contributed by atoms with Crippen LogP contribution in [0.2, 0.25) is 10.4 Å². The van der Waals surface area contributed by atoms with Crippen molar-refractivity contribution in [1.29, 1.82) is 0 Å². The van der Waals surface area contributed by atoms with Gasteiger partial charge in [-0.05, 0) is 31.4 Å². The zero-order valence-electron chi connectivity index (χ0n) is 16.6. The highest BCUT2D eigenvalue weighted by Gasteiger charge is 2.51. The molecule has 0 aromatic carbocycles. The molecular formula is C18H19Cl2N7O4. The van der Waals surface area contributed by atoms with Crippen LogP contribution in [0.25, 0.3) is 11.0 Å². The predicted molar refractivity (Wildman–Crippen MR) is 111 cm³/mol. The van der Waals surface area contributed by atoms with Crippen molar-refractivity contribution in [3.05, 3.63) is 32.4 Å². The summed E-state index contributed by atoms with van der Waals surface area (Å²) in [6.45, 7) is 3.89. The lowest BCUT2D eigenvalue weighted by atomic mass is 9.64. The molecule has 1 spiro atoms. The fourth-order valence-electron chi connectivity index (χ4n) is 4.33. The highest BCUT2D eigenvalue weighted by Crippen LogP contribution is 2.54. The Morgan fingerprint density at radius 3 is 2.81 bits per heavy atom. The summed E-state index contributed by atoms with van der Waals surface area (Å²) in [6.07, 6.45) is 3.88. The van der Waals surface area contributed by atoms with Crippen molar-refractivity contribution in [1.82, 2.24) is 29.5 Å². The predicted octanol–water partition coefficient (Wildman–Crippen LogP) is 3.37. The van der Waals surface area contributed by atoms with Gasteiger partial charge >= 0.3 is 11.6 Å². The standard InChI is InChI=1S/C18H19Cl2N7O4/c1-10-13(27(28)29)16(24-26(10)11-5-18(6-11)8-30-9-18)31-4-2-3-25-15-12(14(19)23-25)7-21-17(20)22-15/h7,11H,2-6,8-9H2,1H3. The van der Waals surface area contributed by atoms with E-state index in [1.165, 1.54) is 6.20 Å². The van der Waals surface area contributed by atoms with Crippen LogP contribution < -0.4 is 4.74 Å². The largest absolute Gasteiger partial charge is 0.472 e. The molecule has 3 aromatic heterocycles. The molecule has 1 saturated heterocycles. The Morgan fingerprint density at radius 1 is 1.35 bits per heavy atom. The molecule has 13 heteroatoms. The van der Waals surface area contributed by atoms with Gasteiger partial charge in [0.2, 0.25) is 5.28 Å². The number of aromatic nitrogens is 6. The van der Waals surface area contributed by atoms with Crippen molar-refractivity contribution in [2.24, 2.45) is 5.41 Å². The molecule has 0 N–H and O–H groups in total. The molecule has 0 radical (unpaired) electrons. The third kappa shape index (κ3) is 3.50. The Bertz CT molecular complexity index is 1170. The van der Waals surface area contributed by atoms with Gasteiger partial charge in [-0.25, -0.2) is 9.67 Å². The van der Waals surface area contributed by atoms with E-state index < -0.39 is 4.92 Å². The van der Waals surface area contributed by atoms with Crippen LogP contribution in [0.4, 0.5) is 5.69 Å². The Kier molecular flexibility index (Phi) is 4.98. The number of halogens is 2. The van der Waals surface area contributed by atoms with E-state index in [9.17, 15) is 10.1 Å². The SMILES string of the molecule is Cc1c([N+](=O)[O-])c(OCCCn2nc(Cl)c3cnc(Cl)nc32)nn1C1CC2(COC2)C1. The van der Waals surface area contributed by atoms with Gasteiger partial charge in [0.15, 0.2) is 10.8 Å². The van der Waals surface area contributed by atoms with E-state index in [0.29, 0.717) is 29.7 Å². The van der Waals surface area contributed by atoms with Gasteiger partial charge in [-0.2, -0.15) is 10.1 Å². The van der Waals surface area contributed by atoms with Gasteiger partial charge in [0.25, 0.3) is 0 Å². The van der Waals surface area contributed by atoms with Crippen molar-refractivity contribution in [3.8, 4) is 5.88 Å². The summed E-state index contributed by atoms with van der Waals surface area (Å²) in [7, 11) is 0. The van der Waals surface area contributed by atoms with Crippen LogP contribution in [0.1, 0.15) is 31.0 Å². The summed E-state index contributed by atoms with van der Waals surface area (Å²) >= 11 is 12.0. The molecule has 164 valence electrons. The van der Waals surface area contributed by atoms with Gasteiger partial charge in [-0.1, -0.05) is 11.6 Å². The number of nitro groups is 1. The maximum absolute atomic E-state index is 11.6. The number of nitrogens with zero attached hydrogens (tertiary/aromatic N) is 7. The lowest BCUT2D eigenvalue weighted by Gasteiger charge is -2.53. The minimum Gasteiger partial charge on any atom is -0.472 e. The van der Waals surface area contributed by atoms with Crippen LogP contribution in [0.15, 0.2) is 6.20 Å². The van der Waals surface area contributed by atoms with Crippen molar-refractivity contribution >= 4 is 39.9 Å². The third-order valence-electron chi connectivity index (χ3n) is 5.94. The Morgan fingerprint density at radius 2 is 2.13 bits per heavy atom. The minimum absolute atomic E-state index is 0.0436. The van der Waals surface area contributed by atoms with Crippen molar-refractivity contribution < 1.29 is 14.4 Å². The van der Waals surface area contributed by atoms with E-state index in [0.717, 1.165) is 26.1 Å². The first-order valence-electron chi connectivity index (χ1n) is 9.85. The average molecular weight is 468 g/mol. The minimum atomic E-state index is -0.436. The normalized spacial score (nSPS) is 17.6. The Hall–Kier alpha value is -2.50. The second kappa shape index (κ2) is 7.57. The summed E-state index contributed by atoms with van der Waals surface area (Å²) in [5, 5.41) is 21.3. The van der Waals surface area contributed by atoms with Crippen LogP contribution >= 0.6 is 23.2 Å². The fraction of sp³-hybridized carbons (Fsp3) is 0.556. The zero-order valence-corrected chi connectivity index (χ0v) is 18.1. The highest BCUT2D eigenvalue weighted by atomic mass is 35.5. The summed E-state index contributed by atoms with van der Waals surface area (Å²) in [5.74, 6) is 0.0436. The number of rotatable bonds is 7. The van der Waals surface area contributed by atoms with E-state index in [1.54, 1.807) is 16.3 Å². The summed E-state index contributed by atoms with van der Waals surface area (Å²) in [4.78, 5) is 19.2. The van der Waals surface area contributed by atoms with Gasteiger partial charge < -0.3 is 9.47 Å². The molecule has 31 heavy (non-hydrogen) atoms. The summed E-state index contributed by atoms with van der Waals surface area (Å²) < 4.78 is 14.4. The van der Waals surface area contributed by atoms with Crippen LogP contribution in [-0.4, -0.2) is 54.3 Å². The highest BCUT2D eigenvalue weighted by molar-refractivity contribution is 6.34. The van der Waals surface area contributed by atoms with E-state index >= 15 is 0 Å². The van der Waals surface area contributed by atoms with E-state index in [-0.39, 0.29) is 40.1 Å². The molecule has 2 aliphatic rings. The van der Waals surface area contributed by atoms with E-state index in [2.05, 4.69) is 20.2 Å². The number of fused-ring (bicyclic) bond motifs is 1. The van der Waals surface area contributed by atoms with Crippen LogP contribution in [-0.2, 0) is 11.3 Å². The van der Waals surface area contributed by atoms with Crippen molar-refractivity contribution in [2.75, 3.05) is 19.8 Å². The van der Waals surface area contributed by atoms with Crippen LogP contribution in [0, 0.1) is 22.5 Å². The molecule has 3 aromatic rings. The first-order chi connectivity index (χ1) is 14.9. The van der Waals surface area contributed by atoms with E-state index in [1.807, 2.05) is 0 Å². The molecule has 1 aliphatic heterocycles. The first-order valence-corrected chi connectivity index (χ1v) is 10.6. The van der Waals surface area contributed by atoms with Gasteiger partial charge in [-0.15, -0.1) is 5.10 Å². The summed E-state index contributed by atoms with van der Waals surface area (Å²) in [6, 6.07) is 0.141. The Balaban J connectivity index is 1.26. The van der Waals surface area contributed by atoms with Gasteiger partial charge in [0, 0.05) is 24.6 Å². The molecule has 5 rings (SSSR count). The van der Waals surface area contributed by atoms with Crippen LogP contribution in [0.5, 0.6) is 5.88 Å². The second-order valence-electron chi connectivity index (χ2n) is 8.09. The quantitative estimate of drug-likeness (QED) is 0.224. The summed E-state index contributed by atoms with van der Waals surface area (Å²) in [5.41, 5.74) is 1.18. The molecule has 11 nitrogen and oxygen atoms in total. The molecule has 1 saturated carbocycles. The van der Waals surface area contributed by atoms with Gasteiger partial charge in [0.1, 0.15) is 5.69 Å². The zero-order chi connectivity index (χ0) is 21.8. The molecule has 0 amide bonds. The molecule has 2 fully saturated rings. The lowest BCUT2D eigenvalue weighted by Crippen LogP contribution is -2.52. The molecule has 0 bridgehead atoms. The Labute approximate surface area is 186 Å². The number of aryl methyl sites for hydroxylation is 1. The second-order valence-corrected chi connectivity index (χ2v) is 8.78. The lowest BCUT2D eigenvalue weighted by molar-refractivity contribution is -0.386. The number of ether oxygens (including phenoxy) is 2. The fourth-order valence-corrected chi connectivity index (χ4v) is 4.68. The van der Waals surface area contributed by atoms with Crippen molar-refractivity contribution in [3.63, 3.8) is 0 Å². The number of hydrogen-bond acceptors (Lipinski definition) is 8. The molecule has 0 atom stereocenters. The van der Waals surface area contributed by atoms with Crippen LogP contribution in [0.3, 0.4) is 0 Å². The topological polar surface area (TPSA) is 123 Å². The maximum Gasteiger partial charge on any atom is 0.352 e. The smallest absolute Gasteiger partial charge is 0.352 e. The molecule has 0 unspecified atom stereocenters. The maximum atomic E-state index is 11.6. The molecule has 4 heterocycles. The monoisotopic (exact) mass is 467 g/mol. The number of hydrogen-bond donors (Lipinski definition) is 0. The van der Waals surface area contributed by atoms with Gasteiger partial charge in [-0.3, -0.25) is 14.8 Å².